The van der Waals surface area contributed by atoms with Crippen LogP contribution < -0.4 is 9.47 Å². The van der Waals surface area contributed by atoms with Crippen LogP contribution in [0.3, 0.4) is 0 Å². The van der Waals surface area contributed by atoms with Gasteiger partial charge in [-0.25, -0.2) is 0 Å². The van der Waals surface area contributed by atoms with E-state index < -0.39 is 21.2 Å². The number of likely N-dealkylation sites (N-methyl/N-ethyl adjacent to an activating group) is 1. The van der Waals surface area contributed by atoms with Crippen molar-refractivity contribution < 1.29 is 19.1 Å². The molecule has 0 radical (unpaired) electrons. The molecule has 0 N–H and O–H groups in total. The van der Waals surface area contributed by atoms with Gasteiger partial charge in [0, 0.05) is 13.5 Å². The van der Waals surface area contributed by atoms with Crippen LogP contribution >= 0.6 is 11.8 Å². The highest BCUT2D eigenvalue weighted by atomic mass is 32.2. The SMILES string of the molecule is CN1C(=O)C23C[C@](C)(C#N)[C@H](c4ccc5c(c4)OCO5)N2C(=O)[C@]1(C)S3. The minimum Gasteiger partial charge on any atom is -0.454 e. The fraction of sp³-hybridized carbons (Fsp3) is 0.500. The van der Waals surface area contributed by atoms with E-state index in [-0.39, 0.29) is 18.6 Å². The molecule has 4 atom stereocenters. The van der Waals surface area contributed by atoms with Crippen molar-refractivity contribution in [2.75, 3.05) is 13.8 Å². The quantitative estimate of drug-likeness (QED) is 0.749. The highest BCUT2D eigenvalue weighted by Gasteiger charge is 2.78. The molecule has 134 valence electrons. The molecule has 7 nitrogen and oxygen atoms in total. The third-order valence-electron chi connectivity index (χ3n) is 6.09. The maximum atomic E-state index is 13.3. The van der Waals surface area contributed by atoms with Crippen LogP contribution in [0.2, 0.25) is 0 Å². The molecular formula is C18H17N3O4S. The number of piperazine rings is 1. The highest BCUT2D eigenvalue weighted by Crippen LogP contribution is 2.69. The minimum absolute atomic E-state index is 0.102. The zero-order chi connectivity index (χ0) is 18.5. The van der Waals surface area contributed by atoms with Gasteiger partial charge in [0.05, 0.1) is 17.5 Å². The molecule has 1 aromatic rings. The fourth-order valence-corrected chi connectivity index (χ4v) is 6.67. The molecule has 1 unspecified atom stereocenters. The molecule has 1 spiro atoms. The van der Waals surface area contributed by atoms with Crippen molar-refractivity contribution in [3.8, 4) is 17.6 Å². The van der Waals surface area contributed by atoms with E-state index in [1.54, 1.807) is 24.9 Å². The van der Waals surface area contributed by atoms with E-state index in [0.717, 1.165) is 5.56 Å². The topological polar surface area (TPSA) is 82.9 Å². The Morgan fingerprint density at radius 1 is 1.23 bits per heavy atom. The molecule has 0 aliphatic carbocycles. The summed E-state index contributed by atoms with van der Waals surface area (Å²) >= 11 is 1.36. The largest absolute Gasteiger partial charge is 0.454 e. The summed E-state index contributed by atoms with van der Waals surface area (Å²) < 4.78 is 10.8. The second kappa shape index (κ2) is 4.46. The summed E-state index contributed by atoms with van der Waals surface area (Å²) in [5.41, 5.74) is -0.0887. The molecular weight excluding hydrogens is 354 g/mol. The number of nitrogens with zero attached hydrogens (tertiary/aromatic N) is 3. The van der Waals surface area contributed by atoms with Crippen LogP contribution in [0.15, 0.2) is 18.2 Å². The Bertz CT molecular complexity index is 930. The lowest BCUT2D eigenvalue weighted by Gasteiger charge is -2.40. The van der Waals surface area contributed by atoms with Crippen LogP contribution in [0.25, 0.3) is 0 Å². The van der Waals surface area contributed by atoms with Gasteiger partial charge in [0.2, 0.25) is 6.79 Å². The van der Waals surface area contributed by atoms with E-state index in [4.69, 9.17) is 9.47 Å². The molecule has 26 heavy (non-hydrogen) atoms. The Morgan fingerprint density at radius 2 is 1.96 bits per heavy atom. The number of ether oxygens (including phenoxy) is 2. The number of amides is 2. The Kier molecular flexibility index (Phi) is 2.72. The Morgan fingerprint density at radius 3 is 2.69 bits per heavy atom. The monoisotopic (exact) mass is 371 g/mol. The van der Waals surface area contributed by atoms with Crippen molar-refractivity contribution in [3.63, 3.8) is 0 Å². The third kappa shape index (κ3) is 1.52. The summed E-state index contributed by atoms with van der Waals surface area (Å²) in [6.07, 6.45) is 0.310. The van der Waals surface area contributed by atoms with E-state index >= 15 is 0 Å². The number of hydrogen-bond donors (Lipinski definition) is 0. The van der Waals surface area contributed by atoms with Crippen LogP contribution in [0.4, 0.5) is 0 Å². The second-order valence-electron chi connectivity index (χ2n) is 7.63. The van der Waals surface area contributed by atoms with Gasteiger partial charge >= 0.3 is 0 Å². The number of thioether (sulfide) groups is 1. The summed E-state index contributed by atoms with van der Waals surface area (Å²) in [7, 11) is 1.66. The van der Waals surface area contributed by atoms with Crippen LogP contribution in [0.5, 0.6) is 11.5 Å². The zero-order valence-electron chi connectivity index (χ0n) is 14.6. The van der Waals surface area contributed by atoms with E-state index in [9.17, 15) is 14.9 Å². The molecule has 0 aromatic heterocycles. The molecule has 3 saturated heterocycles. The van der Waals surface area contributed by atoms with E-state index in [1.807, 2.05) is 19.1 Å². The highest BCUT2D eigenvalue weighted by molar-refractivity contribution is 8.04. The molecule has 5 rings (SSSR count). The molecule has 4 heterocycles. The maximum absolute atomic E-state index is 13.3. The van der Waals surface area contributed by atoms with Gasteiger partial charge in [-0.15, -0.1) is 0 Å². The first-order valence-electron chi connectivity index (χ1n) is 8.40. The normalized spacial score (nSPS) is 39.5. The number of rotatable bonds is 1. The van der Waals surface area contributed by atoms with Crippen LogP contribution in [-0.4, -0.2) is 45.2 Å². The number of carbonyl (C=O) groups excluding carboxylic acids is 2. The zero-order valence-corrected chi connectivity index (χ0v) is 15.4. The van der Waals surface area contributed by atoms with Gasteiger partial charge in [-0.1, -0.05) is 17.8 Å². The summed E-state index contributed by atoms with van der Waals surface area (Å²) in [5.74, 6) is 1.02. The first kappa shape index (κ1) is 15.8. The molecule has 8 heteroatoms. The number of hydrogen-bond acceptors (Lipinski definition) is 6. The lowest BCUT2D eigenvalue weighted by Crippen LogP contribution is -2.60. The van der Waals surface area contributed by atoms with Crippen molar-refractivity contribution in [2.45, 2.75) is 36.1 Å². The van der Waals surface area contributed by atoms with Gasteiger partial charge < -0.3 is 19.3 Å². The Balaban J connectivity index is 1.69. The van der Waals surface area contributed by atoms with Crippen molar-refractivity contribution in [1.82, 2.24) is 9.80 Å². The second-order valence-corrected chi connectivity index (χ2v) is 9.30. The van der Waals surface area contributed by atoms with Gasteiger partial charge in [-0.05, 0) is 31.5 Å². The van der Waals surface area contributed by atoms with Gasteiger partial charge in [0.1, 0.15) is 0 Å². The number of carbonyl (C=O) groups is 2. The van der Waals surface area contributed by atoms with Gasteiger partial charge in [-0.3, -0.25) is 9.59 Å². The molecule has 4 aliphatic rings. The third-order valence-corrected chi connectivity index (χ3v) is 7.79. The summed E-state index contributed by atoms with van der Waals surface area (Å²) in [5, 5.41) is 9.95. The molecule has 1 aromatic carbocycles. The Hall–Kier alpha value is -2.40. The summed E-state index contributed by atoms with van der Waals surface area (Å²) in [6, 6.07) is 7.34. The van der Waals surface area contributed by atoms with Crippen LogP contribution in [-0.2, 0) is 9.59 Å². The molecule has 0 saturated carbocycles. The summed E-state index contributed by atoms with van der Waals surface area (Å²) in [6.45, 7) is 3.76. The average molecular weight is 371 g/mol. The van der Waals surface area contributed by atoms with Gasteiger partial charge in [0.15, 0.2) is 21.2 Å². The fourth-order valence-electron chi connectivity index (χ4n) is 4.73. The smallest absolute Gasteiger partial charge is 0.261 e. The predicted molar refractivity (Wildman–Crippen MR) is 92.0 cm³/mol. The van der Waals surface area contributed by atoms with E-state index in [0.29, 0.717) is 17.9 Å². The average Bonchev–Trinajstić information content (AvgIpc) is 3.28. The Labute approximate surface area is 154 Å². The number of nitriles is 1. The lowest BCUT2D eigenvalue weighted by molar-refractivity contribution is -0.159. The van der Waals surface area contributed by atoms with Crippen molar-refractivity contribution >= 4 is 23.6 Å². The van der Waals surface area contributed by atoms with Crippen molar-refractivity contribution in [2.24, 2.45) is 5.41 Å². The maximum Gasteiger partial charge on any atom is 0.261 e. The van der Waals surface area contributed by atoms with Crippen LogP contribution in [0, 0.1) is 16.7 Å². The van der Waals surface area contributed by atoms with Crippen molar-refractivity contribution in [3.05, 3.63) is 23.8 Å². The predicted octanol–water partition coefficient (Wildman–Crippen LogP) is 1.85. The van der Waals surface area contributed by atoms with Crippen molar-refractivity contribution in [1.29, 1.82) is 5.26 Å². The number of benzene rings is 1. The molecule has 3 fully saturated rings. The first-order valence-corrected chi connectivity index (χ1v) is 9.21. The van der Waals surface area contributed by atoms with Gasteiger partial charge in [-0.2, -0.15) is 5.26 Å². The van der Waals surface area contributed by atoms with Gasteiger partial charge in [0.25, 0.3) is 11.8 Å². The molecule has 2 amide bonds. The lowest BCUT2D eigenvalue weighted by atomic mass is 9.79. The minimum atomic E-state index is -1.01. The number of fused-ring (bicyclic) bond motifs is 2. The van der Waals surface area contributed by atoms with E-state index in [1.165, 1.54) is 16.7 Å². The van der Waals surface area contributed by atoms with Crippen LogP contribution in [0.1, 0.15) is 31.9 Å². The molecule has 4 aliphatic heterocycles. The standard InChI is InChI=1S/C18H17N3O4S/c1-16(8-19)7-18-15(23)20(3)17(2,26-18)14(22)21(18)13(16)10-4-5-11-12(6-10)25-9-24-11/h4-6,13H,7,9H2,1-3H3/t13-,16+,17-,18?/m0/s1. The summed E-state index contributed by atoms with van der Waals surface area (Å²) in [4.78, 5) is 27.6. The first-order chi connectivity index (χ1) is 12.3. The van der Waals surface area contributed by atoms with E-state index in [2.05, 4.69) is 6.07 Å². The molecule has 2 bridgehead atoms.